The van der Waals surface area contributed by atoms with Gasteiger partial charge in [-0.15, -0.1) is 11.3 Å². The van der Waals surface area contributed by atoms with E-state index in [4.69, 9.17) is 10.5 Å². The quantitative estimate of drug-likeness (QED) is 0.771. The van der Waals surface area contributed by atoms with Gasteiger partial charge >= 0.3 is 0 Å². The standard InChI is InChI=1S/C12H13N3OS/c13-5-2-7-15(8-3-6-14)12(16)10-11-4-1-9-17-11/h1,4,9H,2-3,7-8,10H2. The van der Waals surface area contributed by atoms with E-state index < -0.39 is 0 Å². The lowest BCUT2D eigenvalue weighted by molar-refractivity contribution is -0.130. The molecule has 0 unspecified atom stereocenters. The normalized spacial score (nSPS) is 9.29. The van der Waals surface area contributed by atoms with Crippen LogP contribution in [0.5, 0.6) is 0 Å². The van der Waals surface area contributed by atoms with Crippen LogP contribution >= 0.6 is 11.3 Å². The number of nitriles is 2. The van der Waals surface area contributed by atoms with Crippen LogP contribution in [0.3, 0.4) is 0 Å². The second-order valence-corrected chi connectivity index (χ2v) is 4.49. The molecule has 0 aliphatic heterocycles. The lowest BCUT2D eigenvalue weighted by Crippen LogP contribution is -2.33. The van der Waals surface area contributed by atoms with Gasteiger partial charge in [-0.3, -0.25) is 4.79 Å². The van der Waals surface area contributed by atoms with Crippen LogP contribution in [0.2, 0.25) is 0 Å². The van der Waals surface area contributed by atoms with Crippen LogP contribution in [0.15, 0.2) is 17.5 Å². The molecule has 1 amide bonds. The molecule has 88 valence electrons. The third-order valence-corrected chi connectivity index (χ3v) is 3.12. The van der Waals surface area contributed by atoms with Gasteiger partial charge in [0.2, 0.25) is 5.91 Å². The molecule has 0 aliphatic rings. The molecule has 4 nitrogen and oxygen atoms in total. The van der Waals surface area contributed by atoms with E-state index in [0.29, 0.717) is 32.4 Å². The number of carbonyl (C=O) groups excluding carboxylic acids is 1. The number of amides is 1. The molecule has 0 N–H and O–H groups in total. The van der Waals surface area contributed by atoms with Crippen molar-refractivity contribution in [3.8, 4) is 12.1 Å². The van der Waals surface area contributed by atoms with E-state index in [0.717, 1.165) is 4.88 Å². The molecule has 0 saturated carbocycles. The van der Waals surface area contributed by atoms with Crippen LogP contribution < -0.4 is 0 Å². The Kier molecular flexibility index (Phi) is 5.77. The Bertz CT molecular complexity index is 410. The molecule has 0 bridgehead atoms. The van der Waals surface area contributed by atoms with Gasteiger partial charge in [0.25, 0.3) is 0 Å². The summed E-state index contributed by atoms with van der Waals surface area (Å²) in [5.41, 5.74) is 0. The maximum absolute atomic E-state index is 11.9. The summed E-state index contributed by atoms with van der Waals surface area (Å²) in [6, 6.07) is 7.85. The van der Waals surface area contributed by atoms with Gasteiger partial charge in [0, 0.05) is 18.0 Å². The van der Waals surface area contributed by atoms with E-state index in [1.165, 1.54) is 11.3 Å². The number of thiophene rings is 1. The average molecular weight is 247 g/mol. The van der Waals surface area contributed by atoms with E-state index in [1.54, 1.807) is 4.90 Å². The van der Waals surface area contributed by atoms with Crippen LogP contribution in [0.25, 0.3) is 0 Å². The zero-order valence-corrected chi connectivity index (χ0v) is 10.2. The zero-order valence-electron chi connectivity index (χ0n) is 9.43. The summed E-state index contributed by atoms with van der Waals surface area (Å²) in [5, 5.41) is 19.0. The molecule has 0 atom stereocenters. The molecule has 0 saturated heterocycles. The number of hydrogen-bond donors (Lipinski definition) is 0. The average Bonchev–Trinajstić information content (AvgIpc) is 2.82. The molecule has 0 fully saturated rings. The highest BCUT2D eigenvalue weighted by Crippen LogP contribution is 2.11. The van der Waals surface area contributed by atoms with Gasteiger partial charge in [0.1, 0.15) is 0 Å². The van der Waals surface area contributed by atoms with Crippen molar-refractivity contribution in [3.63, 3.8) is 0 Å². The lowest BCUT2D eigenvalue weighted by Gasteiger charge is -2.19. The molecule has 1 aromatic heterocycles. The van der Waals surface area contributed by atoms with Crippen molar-refractivity contribution in [1.82, 2.24) is 4.90 Å². The van der Waals surface area contributed by atoms with Crippen molar-refractivity contribution in [1.29, 1.82) is 10.5 Å². The highest BCUT2D eigenvalue weighted by Gasteiger charge is 2.13. The Hall–Kier alpha value is -1.85. The van der Waals surface area contributed by atoms with Gasteiger partial charge in [-0.05, 0) is 11.4 Å². The molecule has 5 heteroatoms. The van der Waals surface area contributed by atoms with Crippen LogP contribution in [-0.2, 0) is 11.2 Å². The first-order valence-corrected chi connectivity index (χ1v) is 6.20. The van der Waals surface area contributed by atoms with Gasteiger partial charge in [-0.1, -0.05) is 6.07 Å². The van der Waals surface area contributed by atoms with Gasteiger partial charge in [0.15, 0.2) is 0 Å². The Labute approximate surface area is 105 Å². The molecule has 1 aromatic rings. The fourth-order valence-electron chi connectivity index (χ4n) is 1.41. The van der Waals surface area contributed by atoms with Crippen molar-refractivity contribution in [2.24, 2.45) is 0 Å². The molecule has 0 spiro atoms. The van der Waals surface area contributed by atoms with Crippen molar-refractivity contribution in [2.45, 2.75) is 19.3 Å². The predicted molar refractivity (Wildman–Crippen MR) is 65.1 cm³/mol. The van der Waals surface area contributed by atoms with Crippen molar-refractivity contribution < 1.29 is 4.79 Å². The summed E-state index contributed by atoms with van der Waals surface area (Å²) in [5.74, 6) is -0.0158. The minimum Gasteiger partial charge on any atom is -0.340 e. The zero-order chi connectivity index (χ0) is 12.5. The molecule has 1 rings (SSSR count). The van der Waals surface area contributed by atoms with Crippen LogP contribution in [0.4, 0.5) is 0 Å². The highest BCUT2D eigenvalue weighted by molar-refractivity contribution is 7.10. The fraction of sp³-hybridized carbons (Fsp3) is 0.417. The Morgan fingerprint density at radius 3 is 2.41 bits per heavy atom. The van der Waals surface area contributed by atoms with Gasteiger partial charge in [-0.2, -0.15) is 10.5 Å². The molecule has 0 aliphatic carbocycles. The summed E-state index contributed by atoms with van der Waals surface area (Å²) < 4.78 is 0. The third-order valence-electron chi connectivity index (χ3n) is 2.25. The smallest absolute Gasteiger partial charge is 0.227 e. The molecular formula is C12H13N3OS. The van der Waals surface area contributed by atoms with Crippen molar-refractivity contribution >= 4 is 17.2 Å². The number of carbonyl (C=O) groups is 1. The van der Waals surface area contributed by atoms with Gasteiger partial charge in [0.05, 0.1) is 31.4 Å². The number of hydrogen-bond acceptors (Lipinski definition) is 4. The fourth-order valence-corrected chi connectivity index (χ4v) is 2.10. The molecule has 0 aromatic carbocycles. The van der Waals surface area contributed by atoms with E-state index in [-0.39, 0.29) is 5.91 Å². The third kappa shape index (κ3) is 4.67. The minimum atomic E-state index is -0.0158. The molecule has 1 heterocycles. The van der Waals surface area contributed by atoms with Crippen molar-refractivity contribution in [2.75, 3.05) is 13.1 Å². The molecular weight excluding hydrogens is 234 g/mol. The molecule has 17 heavy (non-hydrogen) atoms. The predicted octanol–water partition coefficient (Wildman–Crippen LogP) is 1.95. The minimum absolute atomic E-state index is 0.0158. The lowest BCUT2D eigenvalue weighted by atomic mass is 10.2. The summed E-state index contributed by atoms with van der Waals surface area (Å²) in [4.78, 5) is 14.5. The first-order chi connectivity index (χ1) is 8.27. The number of nitrogens with zero attached hydrogens (tertiary/aromatic N) is 3. The van der Waals surface area contributed by atoms with E-state index >= 15 is 0 Å². The maximum atomic E-state index is 11.9. The van der Waals surface area contributed by atoms with Crippen molar-refractivity contribution in [3.05, 3.63) is 22.4 Å². The number of rotatable bonds is 6. The summed E-state index contributed by atoms with van der Waals surface area (Å²) in [7, 11) is 0. The topological polar surface area (TPSA) is 67.9 Å². The van der Waals surface area contributed by atoms with Crippen LogP contribution in [-0.4, -0.2) is 23.9 Å². The van der Waals surface area contributed by atoms with Crippen LogP contribution in [0.1, 0.15) is 17.7 Å². The molecule has 0 radical (unpaired) electrons. The summed E-state index contributed by atoms with van der Waals surface area (Å²) in [6.45, 7) is 0.810. The second-order valence-electron chi connectivity index (χ2n) is 3.45. The Morgan fingerprint density at radius 2 is 1.94 bits per heavy atom. The van der Waals surface area contributed by atoms with E-state index in [2.05, 4.69) is 0 Å². The van der Waals surface area contributed by atoms with E-state index in [9.17, 15) is 4.79 Å². The van der Waals surface area contributed by atoms with Gasteiger partial charge in [-0.25, -0.2) is 0 Å². The Morgan fingerprint density at radius 1 is 1.29 bits per heavy atom. The maximum Gasteiger partial charge on any atom is 0.227 e. The second kappa shape index (κ2) is 7.43. The Balaban J connectivity index is 2.53. The first kappa shape index (κ1) is 13.2. The van der Waals surface area contributed by atoms with Gasteiger partial charge < -0.3 is 4.90 Å². The summed E-state index contributed by atoms with van der Waals surface area (Å²) >= 11 is 1.54. The SMILES string of the molecule is N#CCCN(CCC#N)C(=O)Cc1cccs1. The monoisotopic (exact) mass is 247 g/mol. The van der Waals surface area contributed by atoms with Crippen LogP contribution in [0, 0.1) is 22.7 Å². The highest BCUT2D eigenvalue weighted by atomic mass is 32.1. The summed E-state index contributed by atoms with van der Waals surface area (Å²) in [6.07, 6.45) is 0.970. The van der Waals surface area contributed by atoms with E-state index in [1.807, 2.05) is 29.7 Å². The first-order valence-electron chi connectivity index (χ1n) is 5.32. The largest absolute Gasteiger partial charge is 0.340 e.